The SMILES string of the molecule is Nc1cnccc1NC(=O)C1Cc2ccccc2C1. The number of amides is 1. The molecule has 96 valence electrons. The van der Waals surface area contributed by atoms with Gasteiger partial charge in [-0.2, -0.15) is 0 Å². The second-order valence-electron chi connectivity index (χ2n) is 4.83. The highest BCUT2D eigenvalue weighted by Crippen LogP contribution is 2.28. The summed E-state index contributed by atoms with van der Waals surface area (Å²) in [7, 11) is 0. The van der Waals surface area contributed by atoms with Crippen molar-refractivity contribution in [3.63, 3.8) is 0 Å². The van der Waals surface area contributed by atoms with Gasteiger partial charge in [0.2, 0.25) is 5.91 Å². The van der Waals surface area contributed by atoms with E-state index in [0.29, 0.717) is 11.4 Å². The minimum Gasteiger partial charge on any atom is -0.396 e. The molecule has 3 N–H and O–H groups in total. The lowest BCUT2D eigenvalue weighted by atomic mass is 10.1. The highest BCUT2D eigenvalue weighted by Gasteiger charge is 2.27. The number of nitrogen functional groups attached to an aromatic ring is 1. The molecular weight excluding hydrogens is 238 g/mol. The maximum Gasteiger partial charge on any atom is 0.228 e. The Kier molecular flexibility index (Phi) is 2.91. The molecule has 1 heterocycles. The van der Waals surface area contributed by atoms with Crippen LogP contribution in [0, 0.1) is 5.92 Å². The van der Waals surface area contributed by atoms with E-state index < -0.39 is 0 Å². The molecule has 0 unspecified atom stereocenters. The highest BCUT2D eigenvalue weighted by molar-refractivity contribution is 5.95. The zero-order valence-corrected chi connectivity index (χ0v) is 10.5. The Labute approximate surface area is 111 Å². The molecule has 2 aromatic rings. The first-order valence-electron chi connectivity index (χ1n) is 6.31. The summed E-state index contributed by atoms with van der Waals surface area (Å²) in [6.45, 7) is 0. The predicted molar refractivity (Wildman–Crippen MR) is 74.6 cm³/mol. The topological polar surface area (TPSA) is 68.0 Å². The van der Waals surface area contributed by atoms with Gasteiger partial charge in [0.25, 0.3) is 0 Å². The van der Waals surface area contributed by atoms with Gasteiger partial charge in [-0.05, 0) is 30.0 Å². The van der Waals surface area contributed by atoms with Crippen molar-refractivity contribution in [1.82, 2.24) is 4.98 Å². The predicted octanol–water partition coefficient (Wildman–Crippen LogP) is 2.02. The molecule has 0 saturated heterocycles. The summed E-state index contributed by atoms with van der Waals surface area (Å²) in [6.07, 6.45) is 4.76. The minimum absolute atomic E-state index is 0.00929. The van der Waals surface area contributed by atoms with Crippen LogP contribution in [0.1, 0.15) is 11.1 Å². The zero-order valence-electron chi connectivity index (χ0n) is 10.5. The molecule has 0 aliphatic heterocycles. The number of hydrogen-bond acceptors (Lipinski definition) is 3. The van der Waals surface area contributed by atoms with Gasteiger partial charge in [0.1, 0.15) is 0 Å². The highest BCUT2D eigenvalue weighted by atomic mass is 16.1. The molecule has 1 aliphatic carbocycles. The molecule has 1 aromatic carbocycles. The second-order valence-corrected chi connectivity index (χ2v) is 4.83. The fraction of sp³-hybridized carbons (Fsp3) is 0.200. The van der Waals surface area contributed by atoms with Gasteiger partial charge in [0, 0.05) is 12.1 Å². The molecule has 4 nitrogen and oxygen atoms in total. The molecular formula is C15H15N3O. The van der Waals surface area contributed by atoms with Crippen LogP contribution in [0.25, 0.3) is 0 Å². The summed E-state index contributed by atoms with van der Waals surface area (Å²) in [5, 5.41) is 2.88. The smallest absolute Gasteiger partial charge is 0.228 e. The van der Waals surface area contributed by atoms with Crippen LogP contribution in [0.15, 0.2) is 42.7 Å². The van der Waals surface area contributed by atoms with Crippen LogP contribution in [0.2, 0.25) is 0 Å². The summed E-state index contributed by atoms with van der Waals surface area (Å²) in [6, 6.07) is 9.92. The number of carbonyl (C=O) groups is 1. The van der Waals surface area contributed by atoms with Crippen molar-refractivity contribution < 1.29 is 4.79 Å². The number of hydrogen-bond donors (Lipinski definition) is 2. The van der Waals surface area contributed by atoms with Crippen molar-refractivity contribution in [2.75, 3.05) is 11.1 Å². The Hall–Kier alpha value is -2.36. The molecule has 3 rings (SSSR count). The molecule has 0 atom stereocenters. The van der Waals surface area contributed by atoms with Gasteiger partial charge >= 0.3 is 0 Å². The summed E-state index contributed by atoms with van der Waals surface area (Å²) in [5.41, 5.74) is 9.44. The lowest BCUT2D eigenvalue weighted by molar-refractivity contribution is -0.119. The number of rotatable bonds is 2. The molecule has 1 aromatic heterocycles. The minimum atomic E-state index is -0.00929. The molecule has 4 heteroatoms. The second kappa shape index (κ2) is 4.72. The van der Waals surface area contributed by atoms with Gasteiger partial charge in [-0.15, -0.1) is 0 Å². The summed E-state index contributed by atoms with van der Waals surface area (Å²) < 4.78 is 0. The maximum atomic E-state index is 12.2. The van der Waals surface area contributed by atoms with Gasteiger partial charge in [-0.25, -0.2) is 0 Å². The van der Waals surface area contributed by atoms with Crippen LogP contribution in [0.3, 0.4) is 0 Å². The van der Waals surface area contributed by atoms with E-state index in [-0.39, 0.29) is 11.8 Å². The van der Waals surface area contributed by atoms with Crippen molar-refractivity contribution in [2.24, 2.45) is 5.92 Å². The van der Waals surface area contributed by atoms with Crippen molar-refractivity contribution in [1.29, 1.82) is 0 Å². The average Bonchev–Trinajstić information content (AvgIpc) is 2.85. The quantitative estimate of drug-likeness (QED) is 0.860. The Balaban J connectivity index is 1.72. The molecule has 0 bridgehead atoms. The van der Waals surface area contributed by atoms with Gasteiger partial charge < -0.3 is 11.1 Å². The third-order valence-electron chi connectivity index (χ3n) is 3.53. The number of nitrogens with two attached hydrogens (primary N) is 1. The first-order valence-corrected chi connectivity index (χ1v) is 6.31. The summed E-state index contributed by atoms with van der Waals surface area (Å²) >= 11 is 0. The normalized spacial score (nSPS) is 14.1. The Morgan fingerprint density at radius 2 is 1.89 bits per heavy atom. The lowest BCUT2D eigenvalue weighted by Crippen LogP contribution is -2.23. The standard InChI is InChI=1S/C15H15N3O/c16-13-9-17-6-5-14(13)18-15(19)12-7-10-3-1-2-4-11(10)8-12/h1-6,9,12H,7-8,16H2,(H,17,18,19). The molecule has 19 heavy (non-hydrogen) atoms. The van der Waals surface area contributed by atoms with E-state index in [1.165, 1.54) is 11.1 Å². The molecule has 1 amide bonds. The van der Waals surface area contributed by atoms with E-state index in [1.807, 2.05) is 12.1 Å². The van der Waals surface area contributed by atoms with E-state index >= 15 is 0 Å². The van der Waals surface area contributed by atoms with Crippen LogP contribution < -0.4 is 11.1 Å². The number of pyridine rings is 1. The molecule has 0 spiro atoms. The number of anilines is 2. The molecule has 0 radical (unpaired) electrons. The zero-order chi connectivity index (χ0) is 13.2. The number of nitrogens with zero attached hydrogens (tertiary/aromatic N) is 1. The van der Waals surface area contributed by atoms with Crippen LogP contribution in [0.5, 0.6) is 0 Å². The van der Waals surface area contributed by atoms with Gasteiger partial charge in [-0.3, -0.25) is 9.78 Å². The fourth-order valence-corrected chi connectivity index (χ4v) is 2.50. The van der Waals surface area contributed by atoms with Gasteiger partial charge in [0.05, 0.1) is 17.6 Å². The number of aromatic nitrogens is 1. The van der Waals surface area contributed by atoms with Gasteiger partial charge in [0.15, 0.2) is 0 Å². The Bertz CT molecular complexity index is 599. The average molecular weight is 253 g/mol. The number of nitrogens with one attached hydrogen (secondary N) is 1. The third-order valence-corrected chi connectivity index (χ3v) is 3.53. The first kappa shape index (κ1) is 11.7. The van der Waals surface area contributed by atoms with Crippen LogP contribution in [-0.4, -0.2) is 10.9 Å². The van der Waals surface area contributed by atoms with E-state index in [9.17, 15) is 4.79 Å². The first-order chi connectivity index (χ1) is 9.24. The van der Waals surface area contributed by atoms with E-state index in [4.69, 9.17) is 5.73 Å². The summed E-state index contributed by atoms with van der Waals surface area (Å²) in [5.74, 6) is 0.0130. The van der Waals surface area contributed by atoms with Gasteiger partial charge in [-0.1, -0.05) is 24.3 Å². The Morgan fingerprint density at radius 3 is 2.53 bits per heavy atom. The number of carbonyl (C=O) groups excluding carboxylic acids is 1. The van der Waals surface area contributed by atoms with Crippen LogP contribution in [-0.2, 0) is 17.6 Å². The van der Waals surface area contributed by atoms with Crippen molar-refractivity contribution in [2.45, 2.75) is 12.8 Å². The largest absolute Gasteiger partial charge is 0.396 e. The monoisotopic (exact) mass is 253 g/mol. The summed E-state index contributed by atoms with van der Waals surface area (Å²) in [4.78, 5) is 16.2. The number of benzene rings is 1. The van der Waals surface area contributed by atoms with E-state index in [2.05, 4.69) is 22.4 Å². The molecule has 1 aliphatic rings. The van der Waals surface area contributed by atoms with E-state index in [1.54, 1.807) is 18.5 Å². The third kappa shape index (κ3) is 2.29. The Morgan fingerprint density at radius 1 is 1.21 bits per heavy atom. The van der Waals surface area contributed by atoms with Crippen molar-refractivity contribution >= 4 is 17.3 Å². The maximum absolute atomic E-state index is 12.2. The lowest BCUT2D eigenvalue weighted by Gasteiger charge is -2.11. The van der Waals surface area contributed by atoms with Crippen LogP contribution in [0.4, 0.5) is 11.4 Å². The fourth-order valence-electron chi connectivity index (χ4n) is 2.50. The molecule has 0 saturated carbocycles. The van der Waals surface area contributed by atoms with Crippen molar-refractivity contribution in [3.05, 3.63) is 53.9 Å². The number of fused-ring (bicyclic) bond motifs is 1. The molecule has 0 fully saturated rings. The van der Waals surface area contributed by atoms with Crippen molar-refractivity contribution in [3.8, 4) is 0 Å². The van der Waals surface area contributed by atoms with Crippen LogP contribution >= 0.6 is 0 Å². The van der Waals surface area contributed by atoms with E-state index in [0.717, 1.165) is 12.8 Å².